The third-order valence-electron chi connectivity index (χ3n) is 4.06. The molecule has 0 bridgehead atoms. The topological polar surface area (TPSA) is 93.1 Å². The van der Waals surface area contributed by atoms with Gasteiger partial charge in [0, 0.05) is 5.56 Å². The molecule has 1 aromatic rings. The average Bonchev–Trinajstić information content (AvgIpc) is 2.52. The molecule has 0 aliphatic heterocycles. The molecule has 148 valence electrons. The Hall–Kier alpha value is -2.41. The smallest absolute Gasteiger partial charge is 0.435 e. The van der Waals surface area contributed by atoms with Crippen molar-refractivity contribution >= 4 is 17.8 Å². The lowest BCUT2D eigenvalue weighted by Crippen LogP contribution is -2.64. The van der Waals surface area contributed by atoms with E-state index in [0.717, 1.165) is 5.56 Å². The lowest BCUT2D eigenvalue weighted by molar-refractivity contribution is -0.193. The number of esters is 1. The van der Waals surface area contributed by atoms with E-state index in [1.54, 1.807) is 65.8 Å². The van der Waals surface area contributed by atoms with Crippen LogP contribution >= 0.6 is 0 Å². The van der Waals surface area contributed by atoms with E-state index in [2.05, 4.69) is 0 Å². The Bertz CT molecular complexity index is 758. The highest BCUT2D eigenvalue weighted by Crippen LogP contribution is 2.35. The van der Waals surface area contributed by atoms with Gasteiger partial charge in [0.15, 0.2) is 0 Å². The molecule has 1 aliphatic rings. The van der Waals surface area contributed by atoms with Gasteiger partial charge in [0.2, 0.25) is 11.3 Å². The summed E-state index contributed by atoms with van der Waals surface area (Å²) in [5, 5.41) is 10.8. The van der Waals surface area contributed by atoms with E-state index in [1.165, 1.54) is 0 Å². The van der Waals surface area contributed by atoms with Crippen molar-refractivity contribution in [3.8, 4) is 0 Å². The van der Waals surface area contributed by atoms with Gasteiger partial charge in [0.05, 0.1) is 0 Å². The summed E-state index contributed by atoms with van der Waals surface area (Å²) < 4.78 is 10.6. The van der Waals surface area contributed by atoms with E-state index in [9.17, 15) is 19.6 Å². The predicted octanol–water partition coefficient (Wildman–Crippen LogP) is 3.52. The molecule has 7 heteroatoms. The number of carbonyl (C=O) groups excluding carboxylic acids is 3. The highest BCUT2D eigenvalue weighted by atomic mass is 16.6. The number of rotatable bonds is 2. The molecule has 0 saturated heterocycles. The van der Waals surface area contributed by atoms with Crippen molar-refractivity contribution in [3.05, 3.63) is 35.4 Å². The summed E-state index contributed by atoms with van der Waals surface area (Å²) in [5.74, 6) is -1.67. The van der Waals surface area contributed by atoms with Crippen LogP contribution in [0.3, 0.4) is 0 Å². The summed E-state index contributed by atoms with van der Waals surface area (Å²) in [5.41, 5.74) is -2.99. The number of hydroxylamine groups is 2. The summed E-state index contributed by atoms with van der Waals surface area (Å²) in [6.07, 6.45) is -0.963. The van der Waals surface area contributed by atoms with Gasteiger partial charge in [-0.25, -0.2) is 9.59 Å². The molecule has 27 heavy (non-hydrogen) atoms. The predicted molar refractivity (Wildman–Crippen MR) is 97.5 cm³/mol. The minimum atomic E-state index is -2.19. The zero-order valence-electron chi connectivity index (χ0n) is 16.7. The van der Waals surface area contributed by atoms with E-state index in [0.29, 0.717) is 6.42 Å². The number of Topliss-reactive ketones (excluding diaryl/α,β-unsaturated/α-hetero) is 1. The first-order valence-corrected chi connectivity index (χ1v) is 8.86. The summed E-state index contributed by atoms with van der Waals surface area (Å²) >= 11 is 0. The Balaban J connectivity index is 2.52. The molecular weight excluding hydrogens is 350 g/mol. The van der Waals surface area contributed by atoms with E-state index in [1.807, 2.05) is 0 Å². The number of aryl methyl sites for hydroxylation is 1. The first-order chi connectivity index (χ1) is 12.3. The van der Waals surface area contributed by atoms with Crippen molar-refractivity contribution in [1.82, 2.24) is 5.06 Å². The number of benzene rings is 1. The number of hydrogen-bond acceptors (Lipinski definition) is 6. The number of amides is 1. The molecule has 1 aromatic carbocycles. The van der Waals surface area contributed by atoms with Gasteiger partial charge in [-0.3, -0.25) is 10.0 Å². The second kappa shape index (κ2) is 6.96. The molecule has 1 N–H and O–H groups in total. The fraction of sp³-hybridized carbons (Fsp3) is 0.550. The van der Waals surface area contributed by atoms with Crippen molar-refractivity contribution in [1.29, 1.82) is 0 Å². The maximum absolute atomic E-state index is 13.3. The molecule has 0 saturated carbocycles. The molecule has 2 rings (SSSR count). The molecular formula is C20H27NO6. The van der Waals surface area contributed by atoms with Crippen LogP contribution in [0.2, 0.25) is 0 Å². The van der Waals surface area contributed by atoms with Crippen molar-refractivity contribution in [3.63, 3.8) is 0 Å². The molecule has 1 atom stereocenters. The van der Waals surface area contributed by atoms with Gasteiger partial charge in [0.25, 0.3) is 0 Å². The minimum Gasteiger partial charge on any atom is -0.458 e. The van der Waals surface area contributed by atoms with Crippen molar-refractivity contribution in [2.24, 2.45) is 0 Å². The summed E-state index contributed by atoms with van der Waals surface area (Å²) in [7, 11) is 0. The van der Waals surface area contributed by atoms with Crippen LogP contribution in [0.1, 0.15) is 63.9 Å². The van der Waals surface area contributed by atoms with Gasteiger partial charge in [-0.15, -0.1) is 0 Å². The Morgan fingerprint density at radius 1 is 1.04 bits per heavy atom. The first kappa shape index (κ1) is 20.9. The van der Waals surface area contributed by atoms with Crippen LogP contribution in [0.5, 0.6) is 0 Å². The Labute approximate surface area is 159 Å². The van der Waals surface area contributed by atoms with Gasteiger partial charge < -0.3 is 9.47 Å². The summed E-state index contributed by atoms with van der Waals surface area (Å²) in [4.78, 5) is 38.8. The molecule has 7 nitrogen and oxygen atoms in total. The van der Waals surface area contributed by atoms with Crippen LogP contribution in [0.15, 0.2) is 24.3 Å². The van der Waals surface area contributed by atoms with Gasteiger partial charge in [-0.05, 0) is 59.9 Å². The highest BCUT2D eigenvalue weighted by molar-refractivity contribution is 6.19. The molecule has 0 radical (unpaired) electrons. The third-order valence-corrected chi connectivity index (χ3v) is 4.06. The summed E-state index contributed by atoms with van der Waals surface area (Å²) in [6, 6.07) is 6.80. The number of nitrogens with zero attached hydrogens (tertiary/aromatic N) is 1. The van der Waals surface area contributed by atoms with Gasteiger partial charge in [0.1, 0.15) is 11.2 Å². The van der Waals surface area contributed by atoms with Crippen molar-refractivity contribution in [2.75, 3.05) is 0 Å². The second-order valence-electron chi connectivity index (χ2n) is 8.64. The van der Waals surface area contributed by atoms with Crippen molar-refractivity contribution in [2.45, 2.75) is 71.1 Å². The lowest BCUT2D eigenvalue weighted by Gasteiger charge is -2.40. The van der Waals surface area contributed by atoms with Crippen LogP contribution in [-0.2, 0) is 20.7 Å². The quantitative estimate of drug-likeness (QED) is 0.367. The van der Waals surface area contributed by atoms with Crippen LogP contribution in [0, 0.1) is 0 Å². The Morgan fingerprint density at radius 3 is 2.15 bits per heavy atom. The van der Waals surface area contributed by atoms with Gasteiger partial charge in [-0.1, -0.05) is 24.3 Å². The zero-order valence-corrected chi connectivity index (χ0v) is 16.7. The monoisotopic (exact) mass is 377 g/mol. The van der Waals surface area contributed by atoms with Crippen LogP contribution in [-0.4, -0.2) is 44.9 Å². The number of fused-ring (bicyclic) bond motifs is 1. The fourth-order valence-corrected chi connectivity index (χ4v) is 2.92. The van der Waals surface area contributed by atoms with Gasteiger partial charge >= 0.3 is 12.1 Å². The maximum Gasteiger partial charge on any atom is 0.435 e. The van der Waals surface area contributed by atoms with Crippen LogP contribution in [0.4, 0.5) is 4.79 Å². The molecule has 0 heterocycles. The largest absolute Gasteiger partial charge is 0.458 e. The van der Waals surface area contributed by atoms with Crippen LogP contribution in [0.25, 0.3) is 0 Å². The Morgan fingerprint density at radius 2 is 1.59 bits per heavy atom. The molecule has 0 aromatic heterocycles. The van der Waals surface area contributed by atoms with E-state index < -0.39 is 34.6 Å². The maximum atomic E-state index is 13.3. The zero-order chi connectivity index (χ0) is 20.6. The van der Waals surface area contributed by atoms with Crippen molar-refractivity contribution < 1.29 is 29.1 Å². The van der Waals surface area contributed by atoms with Gasteiger partial charge in [-0.2, -0.15) is 5.06 Å². The lowest BCUT2D eigenvalue weighted by atomic mass is 9.76. The second-order valence-corrected chi connectivity index (χ2v) is 8.64. The highest BCUT2D eigenvalue weighted by Gasteiger charge is 2.58. The first-order valence-electron chi connectivity index (χ1n) is 8.86. The number of ether oxygens (including phenoxy) is 2. The Kier molecular flexibility index (Phi) is 5.39. The molecule has 1 unspecified atom stereocenters. The molecule has 1 amide bonds. The molecule has 0 spiro atoms. The normalized spacial score (nSPS) is 19.9. The third kappa shape index (κ3) is 4.30. The fourth-order valence-electron chi connectivity index (χ4n) is 2.92. The standard InChI is InChI=1S/C20H27NO6/c1-18(2,3)26-16(23)20(21(25)17(24)27-19(4,5)6)12-11-13-9-7-8-10-14(13)15(20)22/h7-10,25H,11-12H2,1-6H3. The number of carbonyl (C=O) groups is 3. The molecule has 1 aliphatic carbocycles. The average molecular weight is 377 g/mol. The van der Waals surface area contributed by atoms with E-state index in [4.69, 9.17) is 9.47 Å². The summed E-state index contributed by atoms with van der Waals surface area (Å²) in [6.45, 7) is 9.81. The minimum absolute atomic E-state index is 0.102. The van der Waals surface area contributed by atoms with E-state index >= 15 is 0 Å². The number of hydrogen-bond donors (Lipinski definition) is 1. The molecule has 0 fully saturated rings. The SMILES string of the molecule is CC(C)(C)OC(=O)N(O)C1(C(=O)OC(C)(C)C)CCc2ccccc2C1=O. The van der Waals surface area contributed by atoms with E-state index in [-0.39, 0.29) is 17.0 Å². The van der Waals surface area contributed by atoms with Crippen LogP contribution < -0.4 is 0 Å². The number of ketones is 1.